The number of aliphatic imine (C=N–C) groups is 1. The van der Waals surface area contributed by atoms with Crippen molar-refractivity contribution >= 4 is 17.8 Å². The molecule has 1 aromatic rings. The Hall–Kier alpha value is -2.57. The van der Waals surface area contributed by atoms with Gasteiger partial charge in [-0.05, 0) is 37.0 Å². The van der Waals surface area contributed by atoms with Gasteiger partial charge in [-0.25, -0.2) is 0 Å². The number of rotatable bonds is 6. The number of ether oxygens (including phenoxy) is 1. The number of esters is 1. The Morgan fingerprint density at radius 2 is 2.07 bits per heavy atom. The summed E-state index contributed by atoms with van der Waals surface area (Å²) in [5, 5.41) is 3.32. The molecule has 1 N–H and O–H groups in total. The first kappa shape index (κ1) is 21.7. The number of guanidine groups is 1. The van der Waals surface area contributed by atoms with E-state index >= 15 is 0 Å². The number of nitrogens with one attached hydrogen (secondary N) is 1. The first-order chi connectivity index (χ1) is 13.4. The molecule has 1 saturated heterocycles. The fourth-order valence-corrected chi connectivity index (χ4v) is 3.43. The highest BCUT2D eigenvalue weighted by molar-refractivity contribution is 5.94. The molecule has 7 heteroatoms. The average Bonchev–Trinajstić information content (AvgIpc) is 3.07. The van der Waals surface area contributed by atoms with E-state index in [-0.39, 0.29) is 23.7 Å². The molecule has 0 bridgehead atoms. The van der Waals surface area contributed by atoms with Crippen LogP contribution in [-0.2, 0) is 16.0 Å². The van der Waals surface area contributed by atoms with Crippen molar-refractivity contribution in [1.82, 2.24) is 15.1 Å². The summed E-state index contributed by atoms with van der Waals surface area (Å²) in [7, 11) is 4.94. The second-order valence-electron chi connectivity index (χ2n) is 7.40. The monoisotopic (exact) mass is 388 g/mol. The van der Waals surface area contributed by atoms with Crippen LogP contribution in [0, 0.1) is 11.8 Å². The van der Waals surface area contributed by atoms with Crippen molar-refractivity contribution in [1.29, 1.82) is 0 Å². The van der Waals surface area contributed by atoms with Crippen LogP contribution in [0.15, 0.2) is 29.3 Å². The predicted octanol–water partition coefficient (Wildman–Crippen LogP) is 1.64. The van der Waals surface area contributed by atoms with Crippen LogP contribution in [-0.4, -0.2) is 75.0 Å². The minimum absolute atomic E-state index is 0.00130. The van der Waals surface area contributed by atoms with Crippen molar-refractivity contribution in [3.8, 4) is 0 Å². The van der Waals surface area contributed by atoms with Crippen LogP contribution < -0.4 is 5.32 Å². The van der Waals surface area contributed by atoms with Gasteiger partial charge in [-0.15, -0.1) is 0 Å². The number of methoxy groups -OCH3 is 1. The Morgan fingerprint density at radius 3 is 2.71 bits per heavy atom. The molecule has 0 spiro atoms. The summed E-state index contributed by atoms with van der Waals surface area (Å²) in [6.07, 6.45) is 0.743. The SMILES string of the molecule is CCNC(=NCCc1cccc(C(=O)N(C)C)c1)N1CC(C)C(C(=O)OC)C1. The van der Waals surface area contributed by atoms with E-state index in [0.717, 1.165) is 31.0 Å². The highest BCUT2D eigenvalue weighted by atomic mass is 16.5. The maximum absolute atomic E-state index is 12.1. The Kier molecular flexibility index (Phi) is 7.84. The van der Waals surface area contributed by atoms with Gasteiger partial charge in [-0.2, -0.15) is 0 Å². The zero-order valence-electron chi connectivity index (χ0n) is 17.6. The molecule has 0 aromatic heterocycles. The molecule has 1 amide bonds. The molecule has 1 aliphatic rings. The number of hydrogen-bond acceptors (Lipinski definition) is 4. The van der Waals surface area contributed by atoms with Gasteiger partial charge in [-0.1, -0.05) is 19.1 Å². The van der Waals surface area contributed by atoms with E-state index in [1.54, 1.807) is 19.0 Å². The van der Waals surface area contributed by atoms with Crippen molar-refractivity contribution in [3.63, 3.8) is 0 Å². The molecule has 1 fully saturated rings. The number of hydrogen-bond donors (Lipinski definition) is 1. The molecule has 2 unspecified atom stereocenters. The quantitative estimate of drug-likeness (QED) is 0.456. The first-order valence-electron chi connectivity index (χ1n) is 9.79. The zero-order chi connectivity index (χ0) is 20.7. The first-order valence-corrected chi connectivity index (χ1v) is 9.79. The lowest BCUT2D eigenvalue weighted by atomic mass is 9.99. The number of benzene rings is 1. The highest BCUT2D eigenvalue weighted by Crippen LogP contribution is 2.24. The molecule has 1 aromatic carbocycles. The summed E-state index contributed by atoms with van der Waals surface area (Å²) in [6.45, 7) is 6.86. The van der Waals surface area contributed by atoms with E-state index in [4.69, 9.17) is 9.73 Å². The van der Waals surface area contributed by atoms with Crippen LogP contribution in [0.1, 0.15) is 29.8 Å². The van der Waals surface area contributed by atoms with E-state index in [1.807, 2.05) is 31.2 Å². The van der Waals surface area contributed by atoms with Crippen molar-refractivity contribution in [2.45, 2.75) is 20.3 Å². The molecule has 0 saturated carbocycles. The molecule has 7 nitrogen and oxygen atoms in total. The van der Waals surface area contributed by atoms with Crippen LogP contribution in [0.5, 0.6) is 0 Å². The number of amides is 1. The lowest BCUT2D eigenvalue weighted by Gasteiger charge is -2.21. The normalized spacial score (nSPS) is 19.5. The van der Waals surface area contributed by atoms with E-state index in [1.165, 1.54) is 7.11 Å². The largest absolute Gasteiger partial charge is 0.469 e. The molecular weight excluding hydrogens is 356 g/mol. The second kappa shape index (κ2) is 10.1. The zero-order valence-corrected chi connectivity index (χ0v) is 17.6. The second-order valence-corrected chi connectivity index (χ2v) is 7.40. The topological polar surface area (TPSA) is 74.2 Å². The van der Waals surface area contributed by atoms with Gasteiger partial charge in [0, 0.05) is 45.8 Å². The molecule has 2 rings (SSSR count). The summed E-state index contributed by atoms with van der Waals surface area (Å²) in [5.74, 6) is 0.765. The molecule has 1 heterocycles. The molecule has 0 aliphatic carbocycles. The lowest BCUT2D eigenvalue weighted by Crippen LogP contribution is -2.40. The molecule has 1 aliphatic heterocycles. The summed E-state index contributed by atoms with van der Waals surface area (Å²) in [5.41, 5.74) is 1.77. The van der Waals surface area contributed by atoms with E-state index in [9.17, 15) is 9.59 Å². The predicted molar refractivity (Wildman–Crippen MR) is 110 cm³/mol. The average molecular weight is 389 g/mol. The van der Waals surface area contributed by atoms with Crippen LogP contribution in [0.3, 0.4) is 0 Å². The van der Waals surface area contributed by atoms with Crippen LogP contribution in [0.4, 0.5) is 0 Å². The third kappa shape index (κ3) is 5.47. The number of nitrogens with zero attached hydrogens (tertiary/aromatic N) is 3. The van der Waals surface area contributed by atoms with Gasteiger partial charge in [0.25, 0.3) is 5.91 Å². The van der Waals surface area contributed by atoms with Crippen molar-refractivity contribution in [3.05, 3.63) is 35.4 Å². The van der Waals surface area contributed by atoms with E-state index in [2.05, 4.69) is 17.1 Å². The Bertz CT molecular complexity index is 717. The summed E-state index contributed by atoms with van der Waals surface area (Å²) < 4.78 is 4.92. The minimum Gasteiger partial charge on any atom is -0.469 e. The van der Waals surface area contributed by atoms with Crippen molar-refractivity contribution in [2.75, 3.05) is 47.4 Å². The molecule has 0 radical (unpaired) electrons. The number of carbonyl (C=O) groups excluding carboxylic acids is 2. The fraction of sp³-hybridized carbons (Fsp3) is 0.571. The Morgan fingerprint density at radius 1 is 1.32 bits per heavy atom. The summed E-state index contributed by atoms with van der Waals surface area (Å²) in [4.78, 5) is 32.5. The Balaban J connectivity index is 2.03. The van der Waals surface area contributed by atoms with Crippen LogP contribution >= 0.6 is 0 Å². The fourth-order valence-electron chi connectivity index (χ4n) is 3.43. The van der Waals surface area contributed by atoms with Crippen molar-refractivity contribution < 1.29 is 14.3 Å². The van der Waals surface area contributed by atoms with Crippen LogP contribution in [0.25, 0.3) is 0 Å². The maximum Gasteiger partial charge on any atom is 0.310 e. The molecule has 2 atom stereocenters. The number of likely N-dealkylation sites (tertiary alicyclic amines) is 1. The summed E-state index contributed by atoms with van der Waals surface area (Å²) >= 11 is 0. The molecule has 28 heavy (non-hydrogen) atoms. The summed E-state index contributed by atoms with van der Waals surface area (Å²) in [6, 6.07) is 7.68. The highest BCUT2D eigenvalue weighted by Gasteiger charge is 2.36. The molecular formula is C21H32N4O3. The molecule has 154 valence electrons. The van der Waals surface area contributed by atoms with Gasteiger partial charge in [-0.3, -0.25) is 14.6 Å². The van der Waals surface area contributed by atoms with Crippen molar-refractivity contribution in [2.24, 2.45) is 16.8 Å². The third-order valence-corrected chi connectivity index (χ3v) is 4.99. The number of carbonyl (C=O) groups is 2. The van der Waals surface area contributed by atoms with Gasteiger partial charge in [0.1, 0.15) is 0 Å². The van der Waals surface area contributed by atoms with Gasteiger partial charge in [0.05, 0.1) is 13.0 Å². The van der Waals surface area contributed by atoms with Crippen LogP contribution in [0.2, 0.25) is 0 Å². The van der Waals surface area contributed by atoms with Gasteiger partial charge >= 0.3 is 5.97 Å². The van der Waals surface area contributed by atoms with E-state index in [0.29, 0.717) is 18.7 Å². The Labute approximate surface area is 167 Å². The van der Waals surface area contributed by atoms with Gasteiger partial charge < -0.3 is 19.9 Å². The smallest absolute Gasteiger partial charge is 0.310 e. The van der Waals surface area contributed by atoms with Gasteiger partial charge in [0.15, 0.2) is 5.96 Å². The standard InChI is InChI=1S/C21H32N4O3/c1-6-22-21(25-13-15(2)18(14-25)20(27)28-5)23-11-10-16-8-7-9-17(12-16)19(26)24(3)4/h7-9,12,15,18H,6,10-11,13-14H2,1-5H3,(H,22,23). The lowest BCUT2D eigenvalue weighted by molar-refractivity contribution is -0.145. The van der Waals surface area contributed by atoms with E-state index < -0.39 is 0 Å². The third-order valence-electron chi connectivity index (χ3n) is 4.99. The minimum atomic E-state index is -0.159. The van der Waals surface area contributed by atoms with Gasteiger partial charge in [0.2, 0.25) is 0 Å². The maximum atomic E-state index is 12.1.